The number of hydrogen-bond donors (Lipinski definition) is 4. The molecule has 0 saturated heterocycles. The van der Waals surface area contributed by atoms with E-state index < -0.39 is 5.54 Å². The van der Waals surface area contributed by atoms with Crippen molar-refractivity contribution in [3.8, 4) is 0 Å². The highest BCUT2D eigenvalue weighted by molar-refractivity contribution is 5.96. The van der Waals surface area contributed by atoms with Gasteiger partial charge in [0.25, 0.3) is 0 Å². The number of urea groups is 1. The van der Waals surface area contributed by atoms with Crippen molar-refractivity contribution >= 4 is 17.6 Å². The summed E-state index contributed by atoms with van der Waals surface area (Å²) < 4.78 is 0. The van der Waals surface area contributed by atoms with Crippen molar-refractivity contribution in [2.45, 2.75) is 44.6 Å². The van der Waals surface area contributed by atoms with Crippen LogP contribution in [0.3, 0.4) is 0 Å². The Labute approximate surface area is 119 Å². The maximum atomic E-state index is 12.1. The lowest BCUT2D eigenvalue weighted by atomic mass is 9.81. The second kappa shape index (κ2) is 5.94. The van der Waals surface area contributed by atoms with E-state index in [-0.39, 0.29) is 11.9 Å². The Bertz CT molecular complexity index is 506. The van der Waals surface area contributed by atoms with Crippen LogP contribution in [0.15, 0.2) is 24.3 Å². The van der Waals surface area contributed by atoms with Gasteiger partial charge >= 0.3 is 6.03 Å². The quantitative estimate of drug-likeness (QED) is 0.504. The van der Waals surface area contributed by atoms with Crippen LogP contribution in [-0.2, 0) is 0 Å². The second-order valence-corrected chi connectivity index (χ2v) is 5.51. The van der Waals surface area contributed by atoms with E-state index in [0.717, 1.165) is 43.4 Å². The third-order valence-corrected chi connectivity index (χ3v) is 3.85. The summed E-state index contributed by atoms with van der Waals surface area (Å²) in [6, 6.07) is 7.32. The summed E-state index contributed by atoms with van der Waals surface area (Å²) in [5.74, 6) is 0.0524. The van der Waals surface area contributed by atoms with Crippen LogP contribution in [-0.4, -0.2) is 17.4 Å². The minimum absolute atomic E-state index is 0.0524. The highest BCUT2D eigenvalue weighted by Gasteiger charge is 2.36. The zero-order chi connectivity index (χ0) is 14.6. The predicted octanol–water partition coefficient (Wildman–Crippen LogP) is 2.76. The van der Waals surface area contributed by atoms with Crippen LogP contribution in [0.5, 0.6) is 0 Å². The Kier molecular flexibility index (Phi) is 4.27. The number of benzene rings is 1. The van der Waals surface area contributed by atoms with Crippen molar-refractivity contribution < 1.29 is 4.79 Å². The first kappa shape index (κ1) is 14.4. The summed E-state index contributed by atoms with van der Waals surface area (Å²) in [4.78, 5) is 12.1. The molecule has 5 nitrogen and oxygen atoms in total. The third kappa shape index (κ3) is 3.29. The molecule has 0 unspecified atom stereocenters. The molecular formula is C15H22N4O. The average Bonchev–Trinajstić information content (AvgIpc) is 2.39. The number of carbonyl (C=O) groups excluding carboxylic acids is 1. The van der Waals surface area contributed by atoms with Gasteiger partial charge in [0.15, 0.2) is 0 Å². The average molecular weight is 274 g/mol. The number of aryl methyl sites for hydroxylation is 1. The smallest absolute Gasteiger partial charge is 0.320 e. The molecule has 1 aromatic rings. The normalized spacial score (nSPS) is 17.2. The minimum Gasteiger partial charge on any atom is -0.386 e. The number of nitrogens with two attached hydrogens (primary N) is 1. The molecular weight excluding hydrogens is 252 g/mol. The van der Waals surface area contributed by atoms with Gasteiger partial charge in [-0.2, -0.15) is 0 Å². The maximum absolute atomic E-state index is 12.1. The molecule has 0 bridgehead atoms. The van der Waals surface area contributed by atoms with Gasteiger partial charge in [-0.3, -0.25) is 5.41 Å². The monoisotopic (exact) mass is 274 g/mol. The molecule has 0 radical (unpaired) electrons. The number of hydrogen-bond acceptors (Lipinski definition) is 2. The van der Waals surface area contributed by atoms with Gasteiger partial charge in [0, 0.05) is 5.69 Å². The molecule has 0 spiro atoms. The van der Waals surface area contributed by atoms with E-state index in [2.05, 4.69) is 10.6 Å². The summed E-state index contributed by atoms with van der Waals surface area (Å²) in [6.07, 6.45) is 4.60. The second-order valence-electron chi connectivity index (χ2n) is 5.51. The molecule has 5 N–H and O–H groups in total. The van der Waals surface area contributed by atoms with Crippen LogP contribution in [0.4, 0.5) is 10.5 Å². The molecule has 108 valence electrons. The van der Waals surface area contributed by atoms with E-state index in [1.807, 2.05) is 31.2 Å². The molecule has 2 rings (SSSR count). The first-order chi connectivity index (χ1) is 9.52. The van der Waals surface area contributed by atoms with Gasteiger partial charge in [-0.05, 0) is 37.5 Å². The van der Waals surface area contributed by atoms with Crippen molar-refractivity contribution in [2.75, 3.05) is 5.32 Å². The molecule has 0 aromatic heterocycles. The Morgan fingerprint density at radius 2 is 2.00 bits per heavy atom. The summed E-state index contributed by atoms with van der Waals surface area (Å²) in [7, 11) is 0. The van der Waals surface area contributed by atoms with E-state index in [9.17, 15) is 4.79 Å². The van der Waals surface area contributed by atoms with E-state index in [1.165, 1.54) is 0 Å². The third-order valence-electron chi connectivity index (χ3n) is 3.85. The number of anilines is 1. The lowest BCUT2D eigenvalue weighted by molar-refractivity contribution is 0.235. The first-order valence-electron chi connectivity index (χ1n) is 7.02. The van der Waals surface area contributed by atoms with Crippen LogP contribution >= 0.6 is 0 Å². The van der Waals surface area contributed by atoms with Crippen LogP contribution in [0.1, 0.15) is 37.7 Å². The topological polar surface area (TPSA) is 91.0 Å². The van der Waals surface area contributed by atoms with Gasteiger partial charge in [0.1, 0.15) is 5.84 Å². The van der Waals surface area contributed by atoms with Gasteiger partial charge < -0.3 is 16.4 Å². The molecule has 1 aliphatic rings. The van der Waals surface area contributed by atoms with Crippen molar-refractivity contribution in [1.82, 2.24) is 5.32 Å². The number of carbonyl (C=O) groups is 1. The van der Waals surface area contributed by atoms with Gasteiger partial charge in [0.2, 0.25) is 0 Å². The minimum atomic E-state index is -0.674. The van der Waals surface area contributed by atoms with Crippen molar-refractivity contribution in [3.63, 3.8) is 0 Å². The summed E-state index contributed by atoms with van der Waals surface area (Å²) in [5, 5.41) is 13.5. The van der Waals surface area contributed by atoms with Crippen LogP contribution in [0.25, 0.3) is 0 Å². The molecule has 2 amide bonds. The molecule has 1 saturated carbocycles. The molecule has 0 aliphatic heterocycles. The van der Waals surface area contributed by atoms with Gasteiger partial charge in [0.05, 0.1) is 5.54 Å². The Hall–Kier alpha value is -2.04. The lowest BCUT2D eigenvalue weighted by Crippen LogP contribution is -2.59. The van der Waals surface area contributed by atoms with Crippen molar-refractivity contribution in [3.05, 3.63) is 29.8 Å². The number of rotatable bonds is 3. The van der Waals surface area contributed by atoms with Gasteiger partial charge in [-0.1, -0.05) is 31.4 Å². The summed E-state index contributed by atoms with van der Waals surface area (Å²) in [6.45, 7) is 1.97. The zero-order valence-corrected chi connectivity index (χ0v) is 11.8. The molecule has 1 aromatic carbocycles. The molecule has 1 fully saturated rings. The Balaban J connectivity index is 2.03. The Morgan fingerprint density at radius 1 is 1.30 bits per heavy atom. The number of nitrogens with one attached hydrogen (secondary N) is 3. The van der Waals surface area contributed by atoms with Crippen molar-refractivity contribution in [1.29, 1.82) is 5.41 Å². The highest BCUT2D eigenvalue weighted by Crippen LogP contribution is 2.28. The predicted molar refractivity (Wildman–Crippen MR) is 81.1 cm³/mol. The van der Waals surface area contributed by atoms with Crippen LogP contribution in [0.2, 0.25) is 0 Å². The molecule has 0 atom stereocenters. The van der Waals surface area contributed by atoms with Crippen LogP contribution in [0, 0.1) is 12.3 Å². The fourth-order valence-corrected chi connectivity index (χ4v) is 2.72. The largest absolute Gasteiger partial charge is 0.386 e. The first-order valence-corrected chi connectivity index (χ1v) is 7.02. The fourth-order valence-electron chi connectivity index (χ4n) is 2.72. The van der Waals surface area contributed by atoms with Crippen LogP contribution < -0.4 is 16.4 Å². The zero-order valence-electron chi connectivity index (χ0n) is 11.8. The van der Waals surface area contributed by atoms with E-state index >= 15 is 0 Å². The van der Waals surface area contributed by atoms with E-state index in [0.29, 0.717) is 0 Å². The molecule has 1 aliphatic carbocycles. The SMILES string of the molecule is Cc1cccc(NC(=O)NC2(C(=N)N)CCCCC2)c1. The summed E-state index contributed by atoms with van der Waals surface area (Å²) in [5.41, 5.74) is 6.87. The standard InChI is InChI=1S/C15H22N4O/c1-11-6-5-7-12(10-11)18-14(20)19-15(13(16)17)8-3-2-4-9-15/h5-7,10H,2-4,8-9H2,1H3,(H3,16,17)(H2,18,19,20). The molecule has 20 heavy (non-hydrogen) atoms. The number of amidine groups is 1. The highest BCUT2D eigenvalue weighted by atomic mass is 16.2. The van der Waals surface area contributed by atoms with Gasteiger partial charge in [-0.25, -0.2) is 4.79 Å². The lowest BCUT2D eigenvalue weighted by Gasteiger charge is -2.36. The van der Waals surface area contributed by atoms with E-state index in [1.54, 1.807) is 0 Å². The van der Waals surface area contributed by atoms with E-state index in [4.69, 9.17) is 11.1 Å². The van der Waals surface area contributed by atoms with Gasteiger partial charge in [-0.15, -0.1) is 0 Å². The summed E-state index contributed by atoms with van der Waals surface area (Å²) >= 11 is 0. The Morgan fingerprint density at radius 3 is 2.60 bits per heavy atom. The molecule has 0 heterocycles. The fraction of sp³-hybridized carbons (Fsp3) is 0.467. The molecule has 5 heteroatoms. The van der Waals surface area contributed by atoms with Crippen molar-refractivity contribution in [2.24, 2.45) is 5.73 Å². The number of amides is 2. The maximum Gasteiger partial charge on any atom is 0.320 e.